The van der Waals surface area contributed by atoms with E-state index in [0.717, 1.165) is 54.2 Å². The van der Waals surface area contributed by atoms with Gasteiger partial charge in [0.2, 0.25) is 0 Å². The van der Waals surface area contributed by atoms with Gasteiger partial charge < -0.3 is 4.74 Å². The van der Waals surface area contributed by atoms with Gasteiger partial charge in [-0.15, -0.1) is 10.2 Å². The summed E-state index contributed by atoms with van der Waals surface area (Å²) in [4.78, 5) is 8.87. The summed E-state index contributed by atoms with van der Waals surface area (Å²) >= 11 is 0. The molecule has 3 aromatic heterocycles. The van der Waals surface area contributed by atoms with Gasteiger partial charge in [-0.05, 0) is 24.1 Å². The summed E-state index contributed by atoms with van der Waals surface area (Å²) in [7, 11) is 0. The molecule has 1 aromatic carbocycles. The molecule has 0 aliphatic carbocycles. The molecule has 6 nitrogen and oxygen atoms in total. The molecule has 0 N–H and O–H groups in total. The van der Waals surface area contributed by atoms with E-state index < -0.39 is 0 Å². The Morgan fingerprint density at radius 3 is 3.00 bits per heavy atom. The molecule has 0 bridgehead atoms. The van der Waals surface area contributed by atoms with Gasteiger partial charge in [0.05, 0.1) is 6.61 Å². The first-order chi connectivity index (χ1) is 12.9. The highest BCUT2D eigenvalue weighted by molar-refractivity contribution is 5.75. The van der Waals surface area contributed by atoms with Crippen molar-refractivity contribution >= 4 is 5.65 Å². The first-order valence-corrected chi connectivity index (χ1v) is 8.72. The normalized spacial score (nSPS) is 12.9. The highest BCUT2D eigenvalue weighted by Gasteiger charge is 2.16. The number of fused-ring (bicyclic) bond motifs is 2. The second-order valence-electron chi connectivity index (χ2n) is 6.35. The third-order valence-electron chi connectivity index (χ3n) is 4.84. The molecule has 4 aromatic rings. The lowest BCUT2D eigenvalue weighted by Gasteiger charge is -2.09. The van der Waals surface area contributed by atoms with Crippen LogP contribution in [0.1, 0.15) is 17.0 Å². The minimum atomic E-state index is 0.778. The lowest BCUT2D eigenvalue weighted by Crippen LogP contribution is -2.04. The van der Waals surface area contributed by atoms with E-state index >= 15 is 0 Å². The van der Waals surface area contributed by atoms with Crippen LogP contribution in [0.5, 0.6) is 5.75 Å². The number of pyridine rings is 1. The standard InChI is InChI=1S/C20H17N5O/c1-3-14(16-8-10-26-18(16)5-1)6-7-19-22-12-17(15-4-2-9-21-11-15)20-24-23-13-25(19)20/h1-5,9,11-13H,6-8,10H2. The number of aryl methyl sites for hydroxylation is 2. The number of ether oxygens (including phenoxy) is 1. The third kappa shape index (κ3) is 2.50. The summed E-state index contributed by atoms with van der Waals surface area (Å²) in [6, 6.07) is 10.2. The van der Waals surface area contributed by atoms with Gasteiger partial charge in [0.15, 0.2) is 5.65 Å². The van der Waals surface area contributed by atoms with Crippen molar-refractivity contribution in [2.75, 3.05) is 6.61 Å². The number of nitrogens with zero attached hydrogens (tertiary/aromatic N) is 5. The van der Waals surface area contributed by atoms with Crippen molar-refractivity contribution in [3.8, 4) is 16.9 Å². The maximum atomic E-state index is 5.67. The lowest BCUT2D eigenvalue weighted by molar-refractivity contribution is 0.357. The molecule has 1 aliphatic heterocycles. The van der Waals surface area contributed by atoms with Gasteiger partial charge in [-0.3, -0.25) is 9.38 Å². The van der Waals surface area contributed by atoms with E-state index in [1.807, 2.05) is 35.0 Å². The van der Waals surface area contributed by atoms with Crippen LogP contribution in [-0.2, 0) is 19.3 Å². The van der Waals surface area contributed by atoms with Crippen molar-refractivity contribution in [1.82, 2.24) is 24.6 Å². The van der Waals surface area contributed by atoms with Crippen LogP contribution >= 0.6 is 0 Å². The molecule has 128 valence electrons. The zero-order valence-corrected chi connectivity index (χ0v) is 14.2. The second-order valence-corrected chi connectivity index (χ2v) is 6.35. The van der Waals surface area contributed by atoms with Crippen LogP contribution in [0.3, 0.4) is 0 Å². The maximum Gasteiger partial charge on any atom is 0.171 e. The molecule has 0 radical (unpaired) electrons. The fourth-order valence-electron chi connectivity index (χ4n) is 3.55. The summed E-state index contributed by atoms with van der Waals surface area (Å²) in [5.74, 6) is 1.98. The Balaban J connectivity index is 1.48. The van der Waals surface area contributed by atoms with Crippen LogP contribution < -0.4 is 4.74 Å². The minimum absolute atomic E-state index is 0.778. The van der Waals surface area contributed by atoms with Gasteiger partial charge in [0.1, 0.15) is 17.9 Å². The lowest BCUT2D eigenvalue weighted by atomic mass is 10.0. The fraction of sp³-hybridized carbons (Fsp3) is 0.200. The average molecular weight is 343 g/mol. The molecule has 0 unspecified atom stereocenters. The Morgan fingerprint density at radius 2 is 2.08 bits per heavy atom. The third-order valence-corrected chi connectivity index (χ3v) is 4.84. The van der Waals surface area contributed by atoms with E-state index in [1.54, 1.807) is 12.5 Å². The van der Waals surface area contributed by atoms with Crippen molar-refractivity contribution in [3.63, 3.8) is 0 Å². The number of rotatable bonds is 4. The Morgan fingerprint density at radius 1 is 1.08 bits per heavy atom. The largest absolute Gasteiger partial charge is 0.493 e. The molecule has 6 heteroatoms. The van der Waals surface area contributed by atoms with E-state index in [4.69, 9.17) is 4.74 Å². The predicted octanol–water partition coefficient (Wildman–Crippen LogP) is 2.91. The Bertz CT molecular complexity index is 1070. The quantitative estimate of drug-likeness (QED) is 0.570. The molecular formula is C20H17N5O. The molecular weight excluding hydrogens is 326 g/mol. The van der Waals surface area contributed by atoms with E-state index in [-0.39, 0.29) is 0 Å². The van der Waals surface area contributed by atoms with Crippen LogP contribution in [0, 0.1) is 0 Å². The van der Waals surface area contributed by atoms with Gasteiger partial charge in [-0.25, -0.2) is 4.98 Å². The van der Waals surface area contributed by atoms with E-state index in [2.05, 4.69) is 32.3 Å². The van der Waals surface area contributed by atoms with Crippen molar-refractivity contribution in [3.05, 3.63) is 72.2 Å². The zero-order valence-electron chi connectivity index (χ0n) is 14.2. The van der Waals surface area contributed by atoms with Crippen molar-refractivity contribution in [1.29, 1.82) is 0 Å². The van der Waals surface area contributed by atoms with Crippen LogP contribution in [-0.4, -0.2) is 31.2 Å². The molecule has 0 saturated carbocycles. The highest BCUT2D eigenvalue weighted by atomic mass is 16.5. The van der Waals surface area contributed by atoms with Gasteiger partial charge in [0.25, 0.3) is 0 Å². The van der Waals surface area contributed by atoms with Crippen LogP contribution in [0.15, 0.2) is 55.2 Å². The molecule has 0 fully saturated rings. The zero-order chi connectivity index (χ0) is 17.3. The summed E-state index contributed by atoms with van der Waals surface area (Å²) in [6.07, 6.45) is 9.90. The Labute approximate surface area is 150 Å². The number of hydrogen-bond donors (Lipinski definition) is 0. The van der Waals surface area contributed by atoms with Crippen LogP contribution in [0.25, 0.3) is 16.8 Å². The first-order valence-electron chi connectivity index (χ1n) is 8.72. The van der Waals surface area contributed by atoms with Gasteiger partial charge in [-0.1, -0.05) is 18.2 Å². The molecule has 1 aliphatic rings. The second kappa shape index (κ2) is 6.22. The summed E-state index contributed by atoms with van der Waals surface area (Å²) in [5.41, 5.74) is 5.40. The van der Waals surface area contributed by atoms with Gasteiger partial charge >= 0.3 is 0 Å². The predicted molar refractivity (Wildman–Crippen MR) is 97.1 cm³/mol. The van der Waals surface area contributed by atoms with Gasteiger partial charge in [-0.2, -0.15) is 0 Å². The smallest absolute Gasteiger partial charge is 0.171 e. The first kappa shape index (κ1) is 15.0. The number of hydrogen-bond acceptors (Lipinski definition) is 5. The molecule has 0 amide bonds. The molecule has 4 heterocycles. The fourth-order valence-corrected chi connectivity index (χ4v) is 3.55. The van der Waals surface area contributed by atoms with E-state index in [0.29, 0.717) is 0 Å². The molecule has 5 rings (SSSR count). The SMILES string of the molecule is c1cncc(-c2cnc(CCc3cccc4c3CCO4)n3cnnc23)c1. The van der Waals surface area contributed by atoms with E-state index in [9.17, 15) is 0 Å². The minimum Gasteiger partial charge on any atom is -0.493 e. The maximum absolute atomic E-state index is 5.67. The summed E-state index contributed by atoms with van der Waals surface area (Å²) < 4.78 is 7.64. The van der Waals surface area contributed by atoms with Crippen molar-refractivity contribution < 1.29 is 4.74 Å². The van der Waals surface area contributed by atoms with Gasteiger partial charge in [0, 0.05) is 48.1 Å². The van der Waals surface area contributed by atoms with Crippen LogP contribution in [0.4, 0.5) is 0 Å². The van der Waals surface area contributed by atoms with Crippen molar-refractivity contribution in [2.45, 2.75) is 19.3 Å². The highest BCUT2D eigenvalue weighted by Crippen LogP contribution is 2.29. The molecule has 0 saturated heterocycles. The number of benzene rings is 1. The molecule has 26 heavy (non-hydrogen) atoms. The molecule has 0 atom stereocenters. The Hall–Kier alpha value is -3.28. The van der Waals surface area contributed by atoms with Crippen LogP contribution in [0.2, 0.25) is 0 Å². The Kier molecular flexibility index (Phi) is 3.59. The average Bonchev–Trinajstić information content (AvgIpc) is 3.36. The monoisotopic (exact) mass is 343 g/mol. The van der Waals surface area contributed by atoms with E-state index in [1.165, 1.54) is 11.1 Å². The van der Waals surface area contributed by atoms with Crippen molar-refractivity contribution in [2.24, 2.45) is 0 Å². The topological polar surface area (TPSA) is 65.2 Å². The summed E-state index contributed by atoms with van der Waals surface area (Å²) in [5, 5.41) is 8.39. The molecule has 0 spiro atoms. The number of aromatic nitrogens is 5. The summed E-state index contributed by atoms with van der Waals surface area (Å²) in [6.45, 7) is 0.778.